The van der Waals surface area contributed by atoms with E-state index in [9.17, 15) is 8.78 Å². The van der Waals surface area contributed by atoms with Crippen molar-refractivity contribution in [2.45, 2.75) is 19.4 Å². The van der Waals surface area contributed by atoms with E-state index >= 15 is 0 Å². The van der Waals surface area contributed by atoms with Crippen LogP contribution in [-0.2, 0) is 0 Å². The summed E-state index contributed by atoms with van der Waals surface area (Å²) in [6, 6.07) is 9.06. The average molecular weight is 375 g/mol. The van der Waals surface area contributed by atoms with Gasteiger partial charge >= 0.3 is 0 Å². The Morgan fingerprint density at radius 1 is 1.24 bits per heavy atom. The Hall–Kier alpha value is -0.970. The first-order valence-corrected chi connectivity index (χ1v) is 7.84. The van der Waals surface area contributed by atoms with Crippen LogP contribution in [0.5, 0.6) is 0 Å². The third-order valence-electron chi connectivity index (χ3n) is 3.15. The quantitative estimate of drug-likeness (QED) is 0.684. The Balaban J connectivity index is 2.53. The number of halogens is 4. The summed E-state index contributed by atoms with van der Waals surface area (Å²) >= 11 is 9.10. The highest BCUT2D eigenvalue weighted by molar-refractivity contribution is 9.10. The summed E-state index contributed by atoms with van der Waals surface area (Å²) in [5, 5.41) is 3.71. The second kappa shape index (κ2) is 7.34. The summed E-state index contributed by atoms with van der Waals surface area (Å²) in [5.74, 6) is -1.17. The van der Waals surface area contributed by atoms with Crippen LogP contribution < -0.4 is 5.32 Å². The van der Waals surface area contributed by atoms with E-state index in [0.717, 1.165) is 12.0 Å². The second-order valence-corrected chi connectivity index (χ2v) is 5.99. The molecular weight excluding hydrogens is 360 g/mol. The van der Waals surface area contributed by atoms with E-state index in [0.29, 0.717) is 11.6 Å². The van der Waals surface area contributed by atoms with Gasteiger partial charge in [-0.25, -0.2) is 8.78 Å². The molecule has 0 aliphatic rings. The zero-order valence-electron chi connectivity index (χ0n) is 11.5. The molecule has 0 radical (unpaired) electrons. The second-order valence-electron chi connectivity index (χ2n) is 4.70. The van der Waals surface area contributed by atoms with Crippen molar-refractivity contribution in [3.8, 4) is 0 Å². The van der Waals surface area contributed by atoms with E-state index in [1.807, 2.05) is 6.92 Å². The smallest absolute Gasteiger partial charge is 0.145 e. The molecule has 0 saturated heterocycles. The lowest BCUT2D eigenvalue weighted by Crippen LogP contribution is -2.25. The number of benzene rings is 2. The summed E-state index contributed by atoms with van der Waals surface area (Å²) in [6.45, 7) is 2.64. The highest BCUT2D eigenvalue weighted by Gasteiger charge is 2.23. The fourth-order valence-corrected chi connectivity index (χ4v) is 2.71. The van der Waals surface area contributed by atoms with Gasteiger partial charge in [0, 0.05) is 10.6 Å². The van der Waals surface area contributed by atoms with Crippen molar-refractivity contribution in [1.82, 2.24) is 5.32 Å². The molecule has 0 bridgehead atoms. The Kier molecular flexibility index (Phi) is 5.73. The summed E-state index contributed by atoms with van der Waals surface area (Å²) in [4.78, 5) is 0. The van der Waals surface area contributed by atoms with Gasteiger partial charge in [0.1, 0.15) is 11.6 Å². The molecule has 0 amide bonds. The van der Waals surface area contributed by atoms with Crippen LogP contribution in [0.2, 0.25) is 5.02 Å². The molecule has 5 heteroatoms. The lowest BCUT2D eigenvalue weighted by atomic mass is 9.97. The number of rotatable bonds is 5. The largest absolute Gasteiger partial charge is 0.306 e. The zero-order chi connectivity index (χ0) is 15.4. The van der Waals surface area contributed by atoms with Crippen LogP contribution in [0.15, 0.2) is 40.9 Å². The lowest BCUT2D eigenvalue weighted by Gasteiger charge is -2.21. The Labute approximate surface area is 136 Å². The molecule has 0 saturated carbocycles. The average Bonchev–Trinajstić information content (AvgIpc) is 2.46. The summed E-state index contributed by atoms with van der Waals surface area (Å²) in [7, 11) is 0. The fraction of sp³-hybridized carbons (Fsp3) is 0.250. The van der Waals surface area contributed by atoms with Crippen molar-refractivity contribution < 1.29 is 8.78 Å². The van der Waals surface area contributed by atoms with Gasteiger partial charge in [0.05, 0.1) is 10.5 Å². The third-order valence-corrected chi connectivity index (χ3v) is 4.00. The van der Waals surface area contributed by atoms with Crippen molar-refractivity contribution in [1.29, 1.82) is 0 Å². The molecule has 0 aliphatic carbocycles. The highest BCUT2D eigenvalue weighted by atomic mass is 79.9. The number of hydrogen-bond donors (Lipinski definition) is 1. The maximum atomic E-state index is 14.4. The summed E-state index contributed by atoms with van der Waals surface area (Å²) < 4.78 is 28.8. The van der Waals surface area contributed by atoms with Crippen molar-refractivity contribution in [2.24, 2.45) is 0 Å². The van der Waals surface area contributed by atoms with E-state index in [1.165, 1.54) is 12.1 Å². The standard InChI is InChI=1S/C16H15BrClF2N/c1-2-8-21-16(10-4-3-5-11(18)9-10)14-13(19)7-6-12(17)15(14)20/h3-7,9,16,21H,2,8H2,1H3. The SMILES string of the molecule is CCCNC(c1cccc(Cl)c1)c1c(F)ccc(Br)c1F. The molecule has 112 valence electrons. The molecule has 2 aromatic rings. The topological polar surface area (TPSA) is 12.0 Å². The van der Waals surface area contributed by atoms with Crippen molar-refractivity contribution in [3.63, 3.8) is 0 Å². The summed E-state index contributed by atoms with van der Waals surface area (Å²) in [6.07, 6.45) is 0.855. The Bertz CT molecular complexity index is 634. The maximum absolute atomic E-state index is 14.4. The molecule has 0 fully saturated rings. The van der Waals surface area contributed by atoms with E-state index in [1.54, 1.807) is 24.3 Å². The van der Waals surface area contributed by atoms with Crippen LogP contribution >= 0.6 is 27.5 Å². The Morgan fingerprint density at radius 2 is 2.00 bits per heavy atom. The molecule has 1 unspecified atom stereocenters. The van der Waals surface area contributed by atoms with Gasteiger partial charge in [0.25, 0.3) is 0 Å². The first kappa shape index (κ1) is 16.4. The lowest BCUT2D eigenvalue weighted by molar-refractivity contribution is 0.500. The van der Waals surface area contributed by atoms with Gasteiger partial charge in [-0.15, -0.1) is 0 Å². The maximum Gasteiger partial charge on any atom is 0.145 e. The van der Waals surface area contributed by atoms with Crippen LogP contribution in [-0.4, -0.2) is 6.54 Å². The number of hydrogen-bond acceptors (Lipinski definition) is 1. The van der Waals surface area contributed by atoms with Gasteiger partial charge in [-0.05, 0) is 58.7 Å². The highest BCUT2D eigenvalue weighted by Crippen LogP contribution is 2.31. The van der Waals surface area contributed by atoms with Crippen LogP contribution in [0.3, 0.4) is 0 Å². The predicted molar refractivity (Wildman–Crippen MR) is 85.6 cm³/mol. The minimum atomic E-state index is -0.594. The van der Waals surface area contributed by atoms with E-state index in [2.05, 4.69) is 21.2 Å². The molecule has 0 spiro atoms. The van der Waals surface area contributed by atoms with Gasteiger partial charge in [-0.3, -0.25) is 0 Å². The number of nitrogens with one attached hydrogen (secondary N) is 1. The van der Waals surface area contributed by atoms with E-state index in [4.69, 9.17) is 11.6 Å². The molecule has 1 nitrogen and oxygen atoms in total. The molecular formula is C16H15BrClF2N. The third kappa shape index (κ3) is 3.82. The van der Waals surface area contributed by atoms with Gasteiger partial charge < -0.3 is 5.32 Å². The van der Waals surface area contributed by atoms with Crippen molar-refractivity contribution >= 4 is 27.5 Å². The zero-order valence-corrected chi connectivity index (χ0v) is 13.8. The van der Waals surface area contributed by atoms with Crippen molar-refractivity contribution in [2.75, 3.05) is 6.54 Å². The van der Waals surface area contributed by atoms with E-state index < -0.39 is 17.7 Å². The van der Waals surface area contributed by atoms with Crippen LogP contribution in [0.25, 0.3) is 0 Å². The normalized spacial score (nSPS) is 12.4. The molecule has 2 aromatic carbocycles. The first-order chi connectivity index (χ1) is 10.0. The van der Waals surface area contributed by atoms with E-state index in [-0.39, 0.29) is 10.0 Å². The Morgan fingerprint density at radius 3 is 2.67 bits per heavy atom. The molecule has 1 N–H and O–H groups in total. The predicted octanol–water partition coefficient (Wildman–Crippen LogP) is 5.47. The van der Waals surface area contributed by atoms with Gasteiger partial charge in [0.15, 0.2) is 0 Å². The minimum absolute atomic E-state index is 0.0000849. The molecule has 0 aromatic heterocycles. The molecule has 1 atom stereocenters. The van der Waals surface area contributed by atoms with Gasteiger partial charge in [-0.1, -0.05) is 30.7 Å². The minimum Gasteiger partial charge on any atom is -0.306 e. The van der Waals surface area contributed by atoms with Crippen LogP contribution in [0, 0.1) is 11.6 Å². The van der Waals surface area contributed by atoms with Crippen molar-refractivity contribution in [3.05, 3.63) is 68.7 Å². The van der Waals surface area contributed by atoms with Gasteiger partial charge in [0.2, 0.25) is 0 Å². The monoisotopic (exact) mass is 373 g/mol. The van der Waals surface area contributed by atoms with Crippen LogP contribution in [0.4, 0.5) is 8.78 Å². The van der Waals surface area contributed by atoms with Gasteiger partial charge in [-0.2, -0.15) is 0 Å². The molecule has 2 rings (SSSR count). The molecule has 21 heavy (non-hydrogen) atoms. The molecule has 0 aliphatic heterocycles. The first-order valence-electron chi connectivity index (χ1n) is 6.66. The fourth-order valence-electron chi connectivity index (χ4n) is 2.17. The molecule has 0 heterocycles. The van der Waals surface area contributed by atoms with Crippen LogP contribution in [0.1, 0.15) is 30.5 Å². The summed E-state index contributed by atoms with van der Waals surface area (Å²) in [5.41, 5.74) is 0.729.